The minimum absolute atomic E-state index is 0.0469. The van der Waals surface area contributed by atoms with Crippen LogP contribution >= 0.6 is 0 Å². The molecule has 0 spiro atoms. The highest BCUT2D eigenvalue weighted by Gasteiger charge is 2.27. The van der Waals surface area contributed by atoms with E-state index in [0.717, 1.165) is 5.56 Å². The van der Waals surface area contributed by atoms with E-state index in [2.05, 4.69) is 9.82 Å². The van der Waals surface area contributed by atoms with Crippen molar-refractivity contribution >= 4 is 16.0 Å². The van der Waals surface area contributed by atoms with Gasteiger partial charge in [0.15, 0.2) is 5.03 Å². The number of hydrogen-bond acceptors (Lipinski definition) is 4. The molecule has 0 saturated heterocycles. The van der Waals surface area contributed by atoms with Crippen molar-refractivity contribution < 1.29 is 18.3 Å². The zero-order chi connectivity index (χ0) is 16.2. The summed E-state index contributed by atoms with van der Waals surface area (Å²) < 4.78 is 28.2. The molecule has 0 aliphatic heterocycles. The first-order valence-electron chi connectivity index (χ1n) is 6.75. The van der Waals surface area contributed by atoms with E-state index in [9.17, 15) is 18.3 Å². The maximum atomic E-state index is 12.3. The van der Waals surface area contributed by atoms with Gasteiger partial charge in [-0.05, 0) is 25.0 Å². The molecule has 1 aromatic carbocycles. The van der Waals surface area contributed by atoms with Gasteiger partial charge in [-0.25, -0.2) is 8.42 Å². The fourth-order valence-electron chi connectivity index (χ4n) is 2.06. The number of benzene rings is 1. The van der Waals surface area contributed by atoms with Crippen molar-refractivity contribution in [3.05, 3.63) is 48.2 Å². The molecule has 0 amide bonds. The Morgan fingerprint density at radius 3 is 2.59 bits per heavy atom. The highest BCUT2D eigenvalue weighted by Crippen LogP contribution is 2.11. The second-order valence-corrected chi connectivity index (χ2v) is 6.35. The standard InChI is InChI=1S/C14H17N3O4S/c1-2-17-13(8-9-15-17)22(20,21)16-12(14(18)19)10-11-6-4-3-5-7-11/h3-9,12,16H,2,10H2,1H3,(H,18,19)/t12-/m1/s1. The quantitative estimate of drug-likeness (QED) is 0.787. The van der Waals surface area contributed by atoms with Gasteiger partial charge in [-0.1, -0.05) is 30.3 Å². The molecule has 1 aromatic heterocycles. The molecule has 0 saturated carbocycles. The molecule has 0 aliphatic rings. The molecule has 0 aliphatic carbocycles. The van der Waals surface area contributed by atoms with E-state index in [0.29, 0.717) is 6.54 Å². The normalized spacial score (nSPS) is 13.0. The number of aryl methyl sites for hydroxylation is 1. The maximum absolute atomic E-state index is 12.3. The van der Waals surface area contributed by atoms with Crippen LogP contribution in [0.15, 0.2) is 47.6 Å². The van der Waals surface area contributed by atoms with Gasteiger partial charge in [0.2, 0.25) is 0 Å². The largest absolute Gasteiger partial charge is 0.480 e. The number of nitrogens with zero attached hydrogens (tertiary/aromatic N) is 2. The van der Waals surface area contributed by atoms with E-state index in [1.165, 1.54) is 16.9 Å². The van der Waals surface area contributed by atoms with Crippen LogP contribution in [0, 0.1) is 0 Å². The van der Waals surface area contributed by atoms with Gasteiger partial charge in [0.05, 0.1) is 6.20 Å². The van der Waals surface area contributed by atoms with Gasteiger partial charge in [0.1, 0.15) is 6.04 Å². The fourth-order valence-corrected chi connectivity index (χ4v) is 3.44. The van der Waals surface area contributed by atoms with Gasteiger partial charge in [-0.15, -0.1) is 0 Å². The van der Waals surface area contributed by atoms with Crippen molar-refractivity contribution in [1.82, 2.24) is 14.5 Å². The Hall–Kier alpha value is -2.19. The molecule has 0 bridgehead atoms. The molecule has 7 nitrogen and oxygen atoms in total. The number of carboxylic acid groups (broad SMARTS) is 1. The Morgan fingerprint density at radius 1 is 1.32 bits per heavy atom. The summed E-state index contributed by atoms with van der Waals surface area (Å²) >= 11 is 0. The van der Waals surface area contributed by atoms with Crippen LogP contribution in [0.2, 0.25) is 0 Å². The summed E-state index contributed by atoms with van der Waals surface area (Å²) in [6.07, 6.45) is 1.43. The van der Waals surface area contributed by atoms with E-state index in [-0.39, 0.29) is 11.4 Å². The second kappa shape index (κ2) is 6.71. The lowest BCUT2D eigenvalue weighted by atomic mass is 10.1. The van der Waals surface area contributed by atoms with Gasteiger partial charge >= 0.3 is 5.97 Å². The number of carbonyl (C=O) groups is 1. The fraction of sp³-hybridized carbons (Fsp3) is 0.286. The number of sulfonamides is 1. The third-order valence-corrected chi connectivity index (χ3v) is 4.62. The molecule has 2 N–H and O–H groups in total. The van der Waals surface area contributed by atoms with Crippen molar-refractivity contribution in [1.29, 1.82) is 0 Å². The molecular weight excluding hydrogens is 306 g/mol. The number of aliphatic carboxylic acids is 1. The summed E-state index contributed by atoms with van der Waals surface area (Å²) in [5.41, 5.74) is 0.738. The molecule has 1 atom stereocenters. The minimum atomic E-state index is -3.95. The van der Waals surface area contributed by atoms with Gasteiger partial charge in [0.25, 0.3) is 10.0 Å². The first-order valence-corrected chi connectivity index (χ1v) is 8.23. The van der Waals surface area contributed by atoms with Gasteiger partial charge in [-0.3, -0.25) is 9.48 Å². The van der Waals surface area contributed by atoms with Crippen LogP contribution in [0.25, 0.3) is 0 Å². The van der Waals surface area contributed by atoms with Crippen LogP contribution < -0.4 is 4.72 Å². The second-order valence-electron chi connectivity index (χ2n) is 4.69. The van der Waals surface area contributed by atoms with Crippen molar-refractivity contribution in [2.45, 2.75) is 31.0 Å². The number of aromatic nitrogens is 2. The van der Waals surface area contributed by atoms with Crippen LogP contribution in [-0.4, -0.2) is 35.3 Å². The third-order valence-electron chi connectivity index (χ3n) is 3.13. The lowest BCUT2D eigenvalue weighted by Gasteiger charge is -2.15. The van der Waals surface area contributed by atoms with Crippen LogP contribution in [-0.2, 0) is 27.8 Å². The minimum Gasteiger partial charge on any atom is -0.480 e. The molecule has 2 aromatic rings. The number of rotatable bonds is 7. The number of carboxylic acids is 1. The Kier molecular flexibility index (Phi) is 4.94. The first-order chi connectivity index (χ1) is 10.4. The Bertz CT molecular complexity index is 740. The summed E-state index contributed by atoms with van der Waals surface area (Å²) in [4.78, 5) is 11.4. The lowest BCUT2D eigenvalue weighted by Crippen LogP contribution is -2.42. The molecule has 0 unspecified atom stereocenters. The van der Waals surface area contributed by atoms with Crippen molar-refractivity contribution in [3.8, 4) is 0 Å². The van der Waals surface area contributed by atoms with Crippen LogP contribution in [0.5, 0.6) is 0 Å². The monoisotopic (exact) mass is 323 g/mol. The van der Waals surface area contributed by atoms with Crippen molar-refractivity contribution in [2.24, 2.45) is 0 Å². The average Bonchev–Trinajstić information content (AvgIpc) is 2.97. The van der Waals surface area contributed by atoms with Crippen molar-refractivity contribution in [3.63, 3.8) is 0 Å². The average molecular weight is 323 g/mol. The van der Waals surface area contributed by atoms with E-state index < -0.39 is 22.0 Å². The third kappa shape index (κ3) is 3.71. The van der Waals surface area contributed by atoms with Gasteiger partial charge in [0, 0.05) is 6.54 Å². The maximum Gasteiger partial charge on any atom is 0.322 e. The number of nitrogens with one attached hydrogen (secondary N) is 1. The topological polar surface area (TPSA) is 101 Å². The molecule has 0 radical (unpaired) electrons. The van der Waals surface area contributed by atoms with Crippen LogP contribution in [0.1, 0.15) is 12.5 Å². The smallest absolute Gasteiger partial charge is 0.322 e. The van der Waals surface area contributed by atoms with E-state index in [1.54, 1.807) is 31.2 Å². The molecule has 0 fully saturated rings. The predicted molar refractivity (Wildman–Crippen MR) is 79.8 cm³/mol. The van der Waals surface area contributed by atoms with Crippen molar-refractivity contribution in [2.75, 3.05) is 0 Å². The molecule has 8 heteroatoms. The zero-order valence-electron chi connectivity index (χ0n) is 12.0. The van der Waals surface area contributed by atoms with Gasteiger partial charge < -0.3 is 5.11 Å². The number of hydrogen-bond donors (Lipinski definition) is 2. The summed E-state index contributed by atoms with van der Waals surface area (Å²) in [5, 5.41) is 13.1. The van der Waals surface area contributed by atoms with Crippen LogP contribution in [0.4, 0.5) is 0 Å². The molecule has 118 valence electrons. The first kappa shape index (κ1) is 16.2. The lowest BCUT2D eigenvalue weighted by molar-refractivity contribution is -0.138. The summed E-state index contributed by atoms with van der Waals surface area (Å²) in [6, 6.07) is 8.95. The molecule has 1 heterocycles. The zero-order valence-corrected chi connectivity index (χ0v) is 12.8. The predicted octanol–water partition coefficient (Wildman–Crippen LogP) is 0.877. The Balaban J connectivity index is 2.22. The van der Waals surface area contributed by atoms with E-state index in [4.69, 9.17) is 0 Å². The highest BCUT2D eigenvalue weighted by atomic mass is 32.2. The van der Waals surface area contributed by atoms with E-state index >= 15 is 0 Å². The summed E-state index contributed by atoms with van der Waals surface area (Å²) in [5.74, 6) is -1.23. The van der Waals surface area contributed by atoms with E-state index in [1.807, 2.05) is 6.07 Å². The summed E-state index contributed by atoms with van der Waals surface area (Å²) in [6.45, 7) is 2.13. The van der Waals surface area contributed by atoms with Gasteiger partial charge in [-0.2, -0.15) is 9.82 Å². The van der Waals surface area contributed by atoms with Crippen LogP contribution in [0.3, 0.4) is 0 Å². The highest BCUT2D eigenvalue weighted by molar-refractivity contribution is 7.89. The SMILES string of the molecule is CCn1nccc1S(=O)(=O)N[C@H](Cc1ccccc1)C(=O)O. The Morgan fingerprint density at radius 2 is 2.00 bits per heavy atom. The molecular formula is C14H17N3O4S. The molecule has 22 heavy (non-hydrogen) atoms. The summed E-state index contributed by atoms with van der Waals surface area (Å²) in [7, 11) is -3.95. The Labute approximate surface area is 128 Å². The molecule has 2 rings (SSSR count).